The number of nitrogens with two attached hydrogens (primary N) is 1. The van der Waals surface area contributed by atoms with E-state index in [-0.39, 0.29) is 6.04 Å². The molecule has 5 heteroatoms. The minimum atomic E-state index is 0.277. The first-order valence-electron chi connectivity index (χ1n) is 6.55. The van der Waals surface area contributed by atoms with E-state index in [9.17, 15) is 0 Å². The lowest BCUT2D eigenvalue weighted by molar-refractivity contribution is 0.199. The number of thioether (sulfide) groups is 1. The largest absolute Gasteiger partial charge is 0.329 e. The van der Waals surface area contributed by atoms with Crippen molar-refractivity contribution in [1.29, 1.82) is 0 Å². The summed E-state index contributed by atoms with van der Waals surface area (Å²) >= 11 is 11.6. The molecule has 1 aliphatic rings. The van der Waals surface area contributed by atoms with E-state index in [2.05, 4.69) is 58.6 Å². The predicted octanol–water partition coefficient (Wildman–Crippen LogP) is 3.93. The Morgan fingerprint density at radius 3 is 2.58 bits per heavy atom. The van der Waals surface area contributed by atoms with E-state index in [4.69, 9.17) is 17.3 Å². The number of benzene rings is 1. The van der Waals surface area contributed by atoms with E-state index in [1.54, 1.807) is 0 Å². The van der Waals surface area contributed by atoms with Crippen LogP contribution in [0.5, 0.6) is 0 Å². The van der Waals surface area contributed by atoms with Gasteiger partial charge >= 0.3 is 0 Å². The molecule has 3 unspecified atom stereocenters. The Morgan fingerprint density at radius 2 is 2.05 bits per heavy atom. The van der Waals surface area contributed by atoms with Gasteiger partial charge in [0.05, 0.1) is 5.02 Å². The topological polar surface area (TPSA) is 29.3 Å². The van der Waals surface area contributed by atoms with Gasteiger partial charge in [-0.15, -0.1) is 0 Å². The second kappa shape index (κ2) is 6.81. The lowest BCUT2D eigenvalue weighted by Crippen LogP contribution is -2.44. The Balaban J connectivity index is 2.21. The third-order valence-corrected chi connectivity index (χ3v) is 5.88. The standard InChI is InChI=1S/C14H20BrClN2S/c1-9-7-18(8-10(2)19-9)14(6-17)11-3-4-13(16)12(15)5-11/h3-5,9-10,14H,6-8,17H2,1-2H3. The Morgan fingerprint density at radius 1 is 1.42 bits per heavy atom. The molecule has 0 radical (unpaired) electrons. The first-order valence-corrected chi connectivity index (χ1v) is 8.67. The second-order valence-electron chi connectivity index (χ2n) is 5.14. The molecule has 2 N–H and O–H groups in total. The van der Waals surface area contributed by atoms with Gasteiger partial charge in [-0.2, -0.15) is 11.8 Å². The first-order chi connectivity index (χ1) is 9.01. The van der Waals surface area contributed by atoms with Crippen molar-refractivity contribution in [2.75, 3.05) is 19.6 Å². The van der Waals surface area contributed by atoms with Crippen LogP contribution in [0.2, 0.25) is 5.02 Å². The van der Waals surface area contributed by atoms with Crippen LogP contribution in [-0.2, 0) is 0 Å². The highest BCUT2D eigenvalue weighted by molar-refractivity contribution is 9.10. The van der Waals surface area contributed by atoms with E-state index in [1.807, 2.05) is 6.07 Å². The Kier molecular flexibility index (Phi) is 5.61. The highest BCUT2D eigenvalue weighted by Crippen LogP contribution is 2.33. The van der Waals surface area contributed by atoms with Crippen LogP contribution < -0.4 is 5.73 Å². The molecule has 1 aromatic carbocycles. The van der Waals surface area contributed by atoms with Gasteiger partial charge in [0.2, 0.25) is 0 Å². The maximum absolute atomic E-state index is 6.07. The maximum Gasteiger partial charge on any atom is 0.0548 e. The second-order valence-corrected chi connectivity index (χ2v) is 8.28. The van der Waals surface area contributed by atoms with Gasteiger partial charge in [0.25, 0.3) is 0 Å². The molecule has 0 bridgehead atoms. The summed E-state index contributed by atoms with van der Waals surface area (Å²) in [6.45, 7) is 7.41. The van der Waals surface area contributed by atoms with Crippen LogP contribution in [0.3, 0.4) is 0 Å². The number of hydrogen-bond acceptors (Lipinski definition) is 3. The highest BCUT2D eigenvalue weighted by atomic mass is 79.9. The van der Waals surface area contributed by atoms with Crippen molar-refractivity contribution >= 4 is 39.3 Å². The summed E-state index contributed by atoms with van der Waals surface area (Å²) < 4.78 is 0.942. The Bertz CT molecular complexity index is 433. The molecule has 19 heavy (non-hydrogen) atoms. The molecular formula is C14H20BrClN2S. The van der Waals surface area contributed by atoms with Crippen molar-refractivity contribution in [2.24, 2.45) is 5.73 Å². The average molecular weight is 364 g/mol. The fourth-order valence-electron chi connectivity index (χ4n) is 2.69. The molecule has 1 fully saturated rings. The van der Waals surface area contributed by atoms with Crippen molar-refractivity contribution in [3.05, 3.63) is 33.3 Å². The monoisotopic (exact) mass is 362 g/mol. The molecule has 1 heterocycles. The minimum absolute atomic E-state index is 0.277. The van der Waals surface area contributed by atoms with Gasteiger partial charge in [-0.1, -0.05) is 31.5 Å². The smallest absolute Gasteiger partial charge is 0.0548 e. The summed E-state index contributed by atoms with van der Waals surface area (Å²) in [5, 5.41) is 2.07. The summed E-state index contributed by atoms with van der Waals surface area (Å²) in [6, 6.07) is 6.40. The Labute approximate surface area is 133 Å². The summed E-state index contributed by atoms with van der Waals surface area (Å²) in [7, 11) is 0. The zero-order valence-corrected chi connectivity index (χ0v) is 14.4. The van der Waals surface area contributed by atoms with Gasteiger partial charge in [0.15, 0.2) is 0 Å². The van der Waals surface area contributed by atoms with Gasteiger partial charge in [-0.25, -0.2) is 0 Å². The summed E-state index contributed by atoms with van der Waals surface area (Å²) in [5.74, 6) is 0. The Hall–Kier alpha value is 0.260. The third-order valence-electron chi connectivity index (χ3n) is 3.44. The summed E-state index contributed by atoms with van der Waals surface area (Å²) in [4.78, 5) is 2.50. The highest BCUT2D eigenvalue weighted by Gasteiger charge is 2.28. The van der Waals surface area contributed by atoms with Crippen LogP contribution >= 0.6 is 39.3 Å². The fraction of sp³-hybridized carbons (Fsp3) is 0.571. The predicted molar refractivity (Wildman–Crippen MR) is 89.0 cm³/mol. The van der Waals surface area contributed by atoms with Gasteiger partial charge in [-0.05, 0) is 33.6 Å². The lowest BCUT2D eigenvalue weighted by Gasteiger charge is -2.39. The molecule has 0 aromatic heterocycles. The number of halogens is 2. The molecule has 1 aromatic rings. The van der Waals surface area contributed by atoms with Crippen LogP contribution in [-0.4, -0.2) is 35.0 Å². The third kappa shape index (κ3) is 3.88. The molecule has 0 aliphatic carbocycles. The summed E-state index contributed by atoms with van der Waals surface area (Å²) in [5.41, 5.74) is 7.26. The number of rotatable bonds is 3. The van der Waals surface area contributed by atoms with E-state index in [1.165, 1.54) is 5.56 Å². The van der Waals surface area contributed by atoms with Gasteiger partial charge in [0.1, 0.15) is 0 Å². The number of hydrogen-bond donors (Lipinski definition) is 1. The van der Waals surface area contributed by atoms with E-state index < -0.39 is 0 Å². The fourth-order valence-corrected chi connectivity index (χ4v) is 4.55. The molecule has 1 saturated heterocycles. The normalized spacial score (nSPS) is 26.4. The molecular weight excluding hydrogens is 344 g/mol. The molecule has 0 spiro atoms. The van der Waals surface area contributed by atoms with E-state index in [0.717, 1.165) is 22.6 Å². The van der Waals surface area contributed by atoms with Gasteiger partial charge in [0, 0.05) is 40.6 Å². The van der Waals surface area contributed by atoms with Gasteiger partial charge in [-0.3, -0.25) is 4.90 Å². The summed E-state index contributed by atoms with van der Waals surface area (Å²) in [6.07, 6.45) is 0. The van der Waals surface area contributed by atoms with Crippen molar-refractivity contribution in [1.82, 2.24) is 4.90 Å². The molecule has 0 saturated carbocycles. The van der Waals surface area contributed by atoms with Crippen molar-refractivity contribution in [3.63, 3.8) is 0 Å². The molecule has 0 amide bonds. The zero-order chi connectivity index (χ0) is 14.0. The van der Waals surface area contributed by atoms with Crippen LogP contribution in [0, 0.1) is 0 Å². The van der Waals surface area contributed by atoms with Gasteiger partial charge < -0.3 is 5.73 Å². The molecule has 106 valence electrons. The van der Waals surface area contributed by atoms with Crippen molar-refractivity contribution < 1.29 is 0 Å². The van der Waals surface area contributed by atoms with Crippen LogP contribution in [0.1, 0.15) is 25.5 Å². The SMILES string of the molecule is CC1CN(C(CN)c2ccc(Cl)c(Br)c2)CC(C)S1. The van der Waals surface area contributed by atoms with Crippen LogP contribution in [0.4, 0.5) is 0 Å². The van der Waals surface area contributed by atoms with Crippen molar-refractivity contribution in [3.8, 4) is 0 Å². The van der Waals surface area contributed by atoms with E-state index >= 15 is 0 Å². The van der Waals surface area contributed by atoms with Crippen LogP contribution in [0.15, 0.2) is 22.7 Å². The zero-order valence-electron chi connectivity index (χ0n) is 11.3. The molecule has 1 aliphatic heterocycles. The molecule has 2 nitrogen and oxygen atoms in total. The maximum atomic E-state index is 6.07. The first kappa shape index (κ1) is 15.6. The molecule has 3 atom stereocenters. The minimum Gasteiger partial charge on any atom is -0.329 e. The van der Waals surface area contributed by atoms with E-state index in [0.29, 0.717) is 17.0 Å². The lowest BCUT2D eigenvalue weighted by atomic mass is 10.0. The van der Waals surface area contributed by atoms with Crippen molar-refractivity contribution in [2.45, 2.75) is 30.4 Å². The average Bonchev–Trinajstić information content (AvgIpc) is 2.33. The molecule has 2 rings (SSSR count). The number of nitrogens with zero attached hydrogens (tertiary/aromatic N) is 1. The quantitative estimate of drug-likeness (QED) is 0.882. The van der Waals surface area contributed by atoms with Crippen LogP contribution in [0.25, 0.3) is 0 Å².